The minimum atomic E-state index is -0.796. The Morgan fingerprint density at radius 2 is 1.20 bits per heavy atom. The van der Waals surface area contributed by atoms with Crippen molar-refractivity contribution >= 4 is 35.2 Å². The summed E-state index contributed by atoms with van der Waals surface area (Å²) in [5.74, 6) is -3.49. The minimum absolute atomic E-state index is 0.235. The molecule has 2 atom stereocenters. The number of halogens is 1. The number of hydrogen-bond acceptors (Lipinski definition) is 5. The largest absolute Gasteiger partial charge is 0.456 e. The number of likely N-dealkylation sites (tertiary alicyclic amines) is 1. The molecule has 1 saturated heterocycles. The maximum Gasteiger partial charge on any atom is 0.326 e. The zero-order valence-corrected chi connectivity index (χ0v) is 19.3. The zero-order valence-electron chi connectivity index (χ0n) is 18.5. The second kappa shape index (κ2) is 8.17. The average Bonchev–Trinajstić information content (AvgIpc) is 3.13. The van der Waals surface area contributed by atoms with Crippen LogP contribution in [0.2, 0.25) is 5.02 Å². The molecule has 2 unspecified atom stereocenters. The highest BCUT2D eigenvalue weighted by atomic mass is 35.5. The van der Waals surface area contributed by atoms with Crippen LogP contribution in [0.5, 0.6) is 0 Å². The van der Waals surface area contributed by atoms with E-state index in [2.05, 4.69) is 0 Å². The molecule has 2 bridgehead atoms. The van der Waals surface area contributed by atoms with Crippen LogP contribution >= 0.6 is 11.6 Å². The van der Waals surface area contributed by atoms with Gasteiger partial charge in [-0.2, -0.15) is 0 Å². The molecule has 1 heterocycles. The number of imide groups is 1. The van der Waals surface area contributed by atoms with Gasteiger partial charge in [0.25, 0.3) is 0 Å². The van der Waals surface area contributed by atoms with E-state index in [9.17, 15) is 19.2 Å². The number of benzene rings is 3. The zero-order chi connectivity index (χ0) is 24.3. The fourth-order valence-corrected chi connectivity index (χ4v) is 6.06. The van der Waals surface area contributed by atoms with Gasteiger partial charge < -0.3 is 4.74 Å². The van der Waals surface area contributed by atoms with Gasteiger partial charge in [0.15, 0.2) is 12.4 Å². The Bertz CT molecular complexity index is 1280. The predicted molar refractivity (Wildman–Crippen MR) is 127 cm³/mol. The maximum atomic E-state index is 13.5. The molecule has 4 aliphatic rings. The van der Waals surface area contributed by atoms with Gasteiger partial charge in [-0.05, 0) is 46.5 Å². The van der Waals surface area contributed by atoms with Gasteiger partial charge in [-0.25, -0.2) is 0 Å². The van der Waals surface area contributed by atoms with E-state index < -0.39 is 36.7 Å². The van der Waals surface area contributed by atoms with E-state index in [1.165, 1.54) is 0 Å². The monoisotopic (exact) mass is 485 g/mol. The van der Waals surface area contributed by atoms with Gasteiger partial charge in [0, 0.05) is 22.4 Å². The number of Topliss-reactive ketones (excluding diaryl/α,β-unsaturated/α-hetero) is 1. The molecule has 6 nitrogen and oxygen atoms in total. The van der Waals surface area contributed by atoms with Crippen LogP contribution in [-0.4, -0.2) is 41.6 Å². The Kier molecular flexibility index (Phi) is 5.07. The van der Waals surface area contributed by atoms with E-state index in [1.807, 2.05) is 48.5 Å². The van der Waals surface area contributed by atoms with Crippen molar-refractivity contribution in [1.29, 1.82) is 0 Å². The fraction of sp³-hybridized carbons (Fsp3) is 0.214. The third-order valence-corrected chi connectivity index (χ3v) is 7.61. The number of rotatable bonds is 5. The third kappa shape index (κ3) is 3.32. The first kappa shape index (κ1) is 21.7. The lowest BCUT2D eigenvalue weighted by Gasteiger charge is -2.45. The van der Waals surface area contributed by atoms with Crippen molar-refractivity contribution in [2.45, 2.75) is 11.8 Å². The van der Waals surface area contributed by atoms with Gasteiger partial charge in [-0.15, -0.1) is 0 Å². The summed E-state index contributed by atoms with van der Waals surface area (Å²) in [5, 5.41) is 0.490. The van der Waals surface area contributed by atoms with Crippen LogP contribution in [0.1, 0.15) is 44.4 Å². The smallest absolute Gasteiger partial charge is 0.326 e. The van der Waals surface area contributed by atoms with E-state index in [0.29, 0.717) is 10.6 Å². The van der Waals surface area contributed by atoms with Crippen molar-refractivity contribution in [2.75, 3.05) is 13.2 Å². The van der Waals surface area contributed by atoms with Crippen molar-refractivity contribution in [1.82, 2.24) is 4.90 Å². The van der Waals surface area contributed by atoms with Crippen LogP contribution in [-0.2, 0) is 19.1 Å². The van der Waals surface area contributed by atoms with Gasteiger partial charge >= 0.3 is 5.97 Å². The molecule has 0 aromatic heterocycles. The van der Waals surface area contributed by atoms with Gasteiger partial charge in [0.2, 0.25) is 11.8 Å². The molecule has 1 fully saturated rings. The Labute approximate surface area is 206 Å². The quantitative estimate of drug-likeness (QED) is 0.310. The minimum Gasteiger partial charge on any atom is -0.456 e. The molecular weight excluding hydrogens is 466 g/mol. The van der Waals surface area contributed by atoms with Crippen molar-refractivity contribution in [3.05, 3.63) is 106 Å². The summed E-state index contributed by atoms with van der Waals surface area (Å²) in [6.45, 7) is -0.990. The number of carbonyl (C=O) groups excluding carboxylic acids is 4. The number of ketones is 1. The second-order valence-corrected chi connectivity index (χ2v) is 9.55. The number of ether oxygens (including phenoxy) is 1. The summed E-state index contributed by atoms with van der Waals surface area (Å²) in [4.78, 5) is 52.9. The number of esters is 1. The Morgan fingerprint density at radius 1 is 0.743 bits per heavy atom. The lowest BCUT2D eigenvalue weighted by atomic mass is 9.55. The fourth-order valence-electron chi connectivity index (χ4n) is 5.93. The Morgan fingerprint density at radius 3 is 1.66 bits per heavy atom. The van der Waals surface area contributed by atoms with E-state index in [0.717, 1.165) is 27.2 Å². The van der Waals surface area contributed by atoms with Gasteiger partial charge in [-0.1, -0.05) is 60.1 Å². The van der Waals surface area contributed by atoms with E-state index in [-0.39, 0.29) is 23.7 Å². The van der Waals surface area contributed by atoms with Crippen LogP contribution in [0.3, 0.4) is 0 Å². The standard InChI is InChI=1S/C28H20ClNO5/c29-16-11-9-15(10-12-16)21(31)14-35-22(32)13-30-27(33)25-23-17-5-1-2-6-18(17)24(26(25)28(30)34)20-8-4-3-7-19(20)23/h1-12,23-26H,13-14H2. The van der Waals surface area contributed by atoms with Gasteiger partial charge in [0.05, 0.1) is 11.8 Å². The third-order valence-electron chi connectivity index (χ3n) is 7.36. The lowest BCUT2D eigenvalue weighted by molar-refractivity contribution is -0.152. The number of amides is 2. The highest BCUT2D eigenvalue weighted by Crippen LogP contribution is 2.60. The van der Waals surface area contributed by atoms with Crippen molar-refractivity contribution < 1.29 is 23.9 Å². The summed E-state index contributed by atoms with van der Waals surface area (Å²) in [5.41, 5.74) is 4.62. The molecule has 2 amide bonds. The first-order chi connectivity index (χ1) is 17.0. The molecule has 0 radical (unpaired) electrons. The first-order valence-corrected chi connectivity index (χ1v) is 11.8. The molecule has 0 N–H and O–H groups in total. The van der Waals surface area contributed by atoms with Crippen molar-refractivity contribution in [3.8, 4) is 0 Å². The predicted octanol–water partition coefficient (Wildman–Crippen LogP) is 3.96. The molecule has 3 aromatic rings. The molecule has 7 rings (SSSR count). The van der Waals surface area contributed by atoms with Gasteiger partial charge in [0.1, 0.15) is 6.54 Å². The van der Waals surface area contributed by atoms with Crippen LogP contribution < -0.4 is 0 Å². The van der Waals surface area contributed by atoms with E-state index in [4.69, 9.17) is 16.3 Å². The van der Waals surface area contributed by atoms with Crippen LogP contribution in [0, 0.1) is 11.8 Å². The van der Waals surface area contributed by atoms with Crippen LogP contribution in [0.15, 0.2) is 72.8 Å². The molecule has 0 spiro atoms. The van der Waals surface area contributed by atoms with Gasteiger partial charge in [-0.3, -0.25) is 24.1 Å². The highest BCUT2D eigenvalue weighted by molar-refractivity contribution is 6.30. The van der Waals surface area contributed by atoms with Crippen molar-refractivity contribution in [3.63, 3.8) is 0 Å². The van der Waals surface area contributed by atoms with E-state index in [1.54, 1.807) is 24.3 Å². The molecule has 35 heavy (non-hydrogen) atoms. The summed E-state index contributed by atoms with van der Waals surface area (Å²) >= 11 is 5.84. The average molecular weight is 486 g/mol. The summed E-state index contributed by atoms with van der Waals surface area (Å²) < 4.78 is 5.13. The Balaban J connectivity index is 1.23. The topological polar surface area (TPSA) is 80.8 Å². The first-order valence-electron chi connectivity index (χ1n) is 11.4. The molecule has 1 aliphatic heterocycles. The maximum absolute atomic E-state index is 13.5. The number of carbonyl (C=O) groups is 4. The molecule has 174 valence electrons. The molecule has 7 heteroatoms. The molecular formula is C28H20ClNO5. The van der Waals surface area contributed by atoms with Crippen LogP contribution in [0.4, 0.5) is 0 Å². The summed E-state index contributed by atoms with van der Waals surface area (Å²) in [6.07, 6.45) is 0. The summed E-state index contributed by atoms with van der Waals surface area (Å²) in [6, 6.07) is 22.1. The highest BCUT2D eigenvalue weighted by Gasteiger charge is 2.61. The Hall–Kier alpha value is -3.77. The lowest BCUT2D eigenvalue weighted by Crippen LogP contribution is -2.41. The molecule has 3 aromatic carbocycles. The summed E-state index contributed by atoms with van der Waals surface area (Å²) in [7, 11) is 0. The van der Waals surface area contributed by atoms with Crippen LogP contribution in [0.25, 0.3) is 0 Å². The molecule has 0 saturated carbocycles. The van der Waals surface area contributed by atoms with E-state index >= 15 is 0 Å². The van der Waals surface area contributed by atoms with Crippen molar-refractivity contribution in [2.24, 2.45) is 11.8 Å². The number of hydrogen-bond donors (Lipinski definition) is 0. The normalized spacial score (nSPS) is 23.5. The SMILES string of the molecule is O=C(CN1C(=O)C2C3c4ccccc4C(c4ccccc43)C2C1=O)OCC(=O)c1ccc(Cl)cc1. The molecule has 3 aliphatic carbocycles. The number of nitrogens with zero attached hydrogens (tertiary/aromatic N) is 1. The second-order valence-electron chi connectivity index (χ2n) is 9.12.